The molecule has 0 spiro atoms. The maximum atomic E-state index is 12.5. The second-order valence-electron chi connectivity index (χ2n) is 9.64. The summed E-state index contributed by atoms with van der Waals surface area (Å²) in [6.07, 6.45) is 0.406. The molecule has 0 bridgehead atoms. The number of methoxy groups -OCH3 is 1. The topological polar surface area (TPSA) is 140 Å². The smallest absolute Gasteiger partial charge is 0.337 e. The molecule has 1 aliphatic heterocycles. The molecule has 0 radical (unpaired) electrons. The molecule has 4 N–H and O–H groups in total. The van der Waals surface area contributed by atoms with Crippen molar-refractivity contribution in [2.75, 3.05) is 20.3 Å². The van der Waals surface area contributed by atoms with Gasteiger partial charge in [0.2, 0.25) is 0 Å². The van der Waals surface area contributed by atoms with Crippen LogP contribution in [0.1, 0.15) is 36.6 Å². The molecule has 2 amide bonds. The number of halogens is 3. The van der Waals surface area contributed by atoms with Crippen LogP contribution in [0.25, 0.3) is 0 Å². The molecule has 11 nitrogen and oxygen atoms in total. The Labute approximate surface area is 291 Å². The molecule has 14 heteroatoms. The van der Waals surface area contributed by atoms with Gasteiger partial charge in [0.25, 0.3) is 0 Å². The number of aliphatic hydroxyl groups excluding tert-OH is 1. The molecule has 2 atom stereocenters. The fraction of sp³-hybridized carbons (Fsp3) is 0.258. The van der Waals surface area contributed by atoms with Gasteiger partial charge in [-0.15, -0.1) is 0 Å². The van der Waals surface area contributed by atoms with E-state index < -0.39 is 24.3 Å². The molecule has 0 unspecified atom stereocenters. The minimum atomic E-state index is -1.16. The number of esters is 1. The van der Waals surface area contributed by atoms with E-state index in [4.69, 9.17) is 18.9 Å². The predicted molar refractivity (Wildman–Crippen MR) is 184 cm³/mol. The molecule has 0 saturated carbocycles. The van der Waals surface area contributed by atoms with E-state index in [-0.39, 0.29) is 12.2 Å². The Bertz CT molecular complexity index is 1600. The van der Waals surface area contributed by atoms with Crippen LogP contribution in [0.3, 0.4) is 0 Å². The molecule has 238 valence electrons. The largest absolute Gasteiger partial charge is 0.490 e. The first-order chi connectivity index (χ1) is 21.6. The lowest BCUT2D eigenvalue weighted by molar-refractivity contribution is -0.136. The average molecular weight is 858 g/mol. The van der Waals surface area contributed by atoms with Crippen molar-refractivity contribution in [1.29, 1.82) is 0 Å². The number of aliphatic hydroxyl groups is 1. The van der Waals surface area contributed by atoms with Crippen LogP contribution < -0.4 is 30.3 Å². The van der Waals surface area contributed by atoms with Gasteiger partial charge < -0.3 is 34.7 Å². The SMILES string of the molecule is CCOc1cc([C@H]2NC(=O)NC(C)=C2C(=O)OC)ccc1OC[C@H](O)N/N=C/c1cc(Br)cc(I)c1OCc1ccc(Br)cc1. The number of benzene rings is 3. The number of urea groups is 1. The van der Waals surface area contributed by atoms with Gasteiger partial charge in [0.1, 0.15) is 19.0 Å². The lowest BCUT2D eigenvalue weighted by Crippen LogP contribution is -2.45. The predicted octanol–water partition coefficient (Wildman–Crippen LogP) is 5.92. The summed E-state index contributed by atoms with van der Waals surface area (Å²) in [7, 11) is 1.28. The molecule has 3 aromatic rings. The highest BCUT2D eigenvalue weighted by molar-refractivity contribution is 14.1. The Balaban J connectivity index is 1.42. The van der Waals surface area contributed by atoms with Gasteiger partial charge in [-0.1, -0.05) is 50.1 Å². The monoisotopic (exact) mass is 856 g/mol. The Morgan fingerprint density at radius 2 is 1.84 bits per heavy atom. The fourth-order valence-electron chi connectivity index (χ4n) is 4.38. The first-order valence-corrected chi connectivity index (χ1v) is 16.3. The first-order valence-electron chi connectivity index (χ1n) is 13.7. The molecule has 45 heavy (non-hydrogen) atoms. The normalized spacial score (nSPS) is 15.3. The highest BCUT2D eigenvalue weighted by atomic mass is 127. The number of hydrogen-bond acceptors (Lipinski definition) is 9. The highest BCUT2D eigenvalue weighted by Gasteiger charge is 2.32. The number of rotatable bonds is 13. The molecule has 0 aliphatic carbocycles. The summed E-state index contributed by atoms with van der Waals surface area (Å²) in [6, 6.07) is 15.5. The molecule has 0 aromatic heterocycles. The van der Waals surface area contributed by atoms with E-state index in [2.05, 4.69) is 75.6 Å². The third-order valence-electron chi connectivity index (χ3n) is 6.43. The van der Waals surface area contributed by atoms with Crippen LogP contribution in [-0.2, 0) is 16.1 Å². The zero-order valence-corrected chi connectivity index (χ0v) is 29.9. The van der Waals surface area contributed by atoms with Gasteiger partial charge in [-0.3, -0.25) is 5.43 Å². The molecular formula is C31H31Br2IN4O7. The van der Waals surface area contributed by atoms with E-state index in [0.29, 0.717) is 47.3 Å². The summed E-state index contributed by atoms with van der Waals surface area (Å²) in [6.45, 7) is 4.00. The zero-order valence-electron chi connectivity index (χ0n) is 24.5. The number of carbonyl (C=O) groups is 2. The van der Waals surface area contributed by atoms with Crippen LogP contribution in [0.4, 0.5) is 4.79 Å². The lowest BCUT2D eigenvalue weighted by Gasteiger charge is -2.28. The maximum Gasteiger partial charge on any atom is 0.337 e. The van der Waals surface area contributed by atoms with Crippen molar-refractivity contribution in [2.24, 2.45) is 5.10 Å². The first kappa shape index (κ1) is 34.5. The number of hydrazone groups is 1. The van der Waals surface area contributed by atoms with Crippen LogP contribution in [0.15, 0.2) is 79.9 Å². The third kappa shape index (κ3) is 9.34. The molecule has 0 fully saturated rings. The van der Waals surface area contributed by atoms with E-state index in [1.165, 1.54) is 7.11 Å². The number of hydrogen-bond donors (Lipinski definition) is 4. The second kappa shape index (κ2) is 16.3. The summed E-state index contributed by atoms with van der Waals surface area (Å²) in [5, 5.41) is 20.1. The average Bonchev–Trinajstić information content (AvgIpc) is 3.00. The van der Waals surface area contributed by atoms with Gasteiger partial charge in [-0.25, -0.2) is 9.59 Å². The highest BCUT2D eigenvalue weighted by Crippen LogP contribution is 2.35. The molecule has 1 aliphatic rings. The number of nitrogens with zero attached hydrogens (tertiary/aromatic N) is 1. The van der Waals surface area contributed by atoms with E-state index in [9.17, 15) is 14.7 Å². The number of nitrogens with one attached hydrogen (secondary N) is 3. The molecule has 3 aromatic carbocycles. The summed E-state index contributed by atoms with van der Waals surface area (Å²) >= 11 is 9.16. The summed E-state index contributed by atoms with van der Waals surface area (Å²) in [5.74, 6) is 0.816. The van der Waals surface area contributed by atoms with Gasteiger partial charge in [0.05, 0.1) is 35.1 Å². The minimum Gasteiger partial charge on any atom is -0.490 e. The summed E-state index contributed by atoms with van der Waals surface area (Å²) in [5.41, 5.74) is 5.64. The Hall–Kier alpha value is -3.34. The van der Waals surface area contributed by atoms with Crippen molar-refractivity contribution in [2.45, 2.75) is 32.7 Å². The van der Waals surface area contributed by atoms with Gasteiger partial charge in [-0.05, 0) is 84.0 Å². The number of amides is 2. The summed E-state index contributed by atoms with van der Waals surface area (Å²) < 4.78 is 25.4. The Morgan fingerprint density at radius 3 is 2.56 bits per heavy atom. The maximum absolute atomic E-state index is 12.5. The van der Waals surface area contributed by atoms with E-state index in [0.717, 1.165) is 18.1 Å². The fourth-order valence-corrected chi connectivity index (χ4v) is 6.35. The molecular weight excluding hydrogens is 827 g/mol. The van der Waals surface area contributed by atoms with Crippen LogP contribution in [-0.4, -0.2) is 49.9 Å². The second-order valence-corrected chi connectivity index (χ2v) is 12.6. The van der Waals surface area contributed by atoms with Crippen LogP contribution in [0.2, 0.25) is 0 Å². The van der Waals surface area contributed by atoms with Crippen molar-refractivity contribution in [3.63, 3.8) is 0 Å². The van der Waals surface area contributed by atoms with Gasteiger partial charge in [0, 0.05) is 20.2 Å². The van der Waals surface area contributed by atoms with Gasteiger partial charge in [-0.2, -0.15) is 5.10 Å². The minimum absolute atomic E-state index is 0.157. The van der Waals surface area contributed by atoms with Crippen molar-refractivity contribution in [3.8, 4) is 17.2 Å². The Kier molecular flexibility index (Phi) is 12.5. The summed E-state index contributed by atoms with van der Waals surface area (Å²) in [4.78, 5) is 24.6. The molecule has 4 rings (SSSR count). The van der Waals surface area contributed by atoms with Crippen LogP contribution in [0, 0.1) is 3.57 Å². The van der Waals surface area contributed by atoms with Crippen molar-refractivity contribution in [3.05, 3.63) is 95.1 Å². The van der Waals surface area contributed by atoms with Crippen LogP contribution >= 0.6 is 54.5 Å². The van der Waals surface area contributed by atoms with Crippen molar-refractivity contribution < 1.29 is 33.6 Å². The van der Waals surface area contributed by atoms with Crippen molar-refractivity contribution >= 4 is 72.7 Å². The third-order valence-corrected chi connectivity index (χ3v) is 8.22. The molecule has 0 saturated heterocycles. The molecule has 1 heterocycles. The standard InChI is InChI=1S/C31H31Br2IN4O7/c1-4-43-25-12-19(28-27(30(40)42-3)17(2)36-31(41)37-28)7-10-24(25)44-16-26(39)38-35-14-20-11-22(33)13-23(34)29(20)45-15-18-5-8-21(32)9-6-18/h5-14,26,28,38-39H,4,15-16H2,1-3H3,(H2,36,37,41)/b35-14+/t26-,28+/m0/s1. The van der Waals surface area contributed by atoms with E-state index in [1.807, 2.05) is 43.3 Å². The quantitative estimate of drug-likeness (QED) is 0.0547. The zero-order chi connectivity index (χ0) is 32.5. The number of ether oxygens (including phenoxy) is 4. The number of carbonyl (C=O) groups excluding carboxylic acids is 2. The number of allylic oxidation sites excluding steroid dienone is 1. The van der Waals surface area contributed by atoms with E-state index in [1.54, 1.807) is 31.3 Å². The van der Waals surface area contributed by atoms with E-state index >= 15 is 0 Å². The Morgan fingerprint density at radius 1 is 1.09 bits per heavy atom. The van der Waals surface area contributed by atoms with Crippen molar-refractivity contribution in [1.82, 2.24) is 16.1 Å². The lowest BCUT2D eigenvalue weighted by atomic mass is 9.95. The van der Waals surface area contributed by atoms with Gasteiger partial charge >= 0.3 is 12.0 Å². The van der Waals surface area contributed by atoms with Gasteiger partial charge in [0.15, 0.2) is 17.7 Å². The van der Waals surface area contributed by atoms with Crippen LogP contribution in [0.5, 0.6) is 17.2 Å².